The number of aromatic nitrogens is 1. The van der Waals surface area contributed by atoms with Crippen LogP contribution in [0.5, 0.6) is 5.88 Å². The van der Waals surface area contributed by atoms with E-state index in [0.717, 1.165) is 89.7 Å². The Bertz CT molecular complexity index is 2480. The number of fused-ring (bicyclic) bond motifs is 2. The molecule has 60 heavy (non-hydrogen) atoms. The summed E-state index contributed by atoms with van der Waals surface area (Å²) in [7, 11) is 0. The van der Waals surface area contributed by atoms with Crippen molar-refractivity contribution in [2.24, 2.45) is 22.7 Å². The maximum atomic E-state index is 13.8. The summed E-state index contributed by atoms with van der Waals surface area (Å²) in [6, 6.07) is 30.5. The lowest BCUT2D eigenvalue weighted by atomic mass is 9.95. The van der Waals surface area contributed by atoms with Gasteiger partial charge in [-0.3, -0.25) is 4.79 Å². The van der Waals surface area contributed by atoms with E-state index < -0.39 is 0 Å². The summed E-state index contributed by atoms with van der Waals surface area (Å²) in [6.07, 6.45) is 16.9. The number of nitrogens with zero attached hydrogens (tertiary/aromatic N) is 2. The molecule has 1 amide bonds. The van der Waals surface area contributed by atoms with E-state index in [1.54, 1.807) is 0 Å². The van der Waals surface area contributed by atoms with Crippen molar-refractivity contribution in [1.29, 1.82) is 0 Å². The average molecular weight is 839 g/mol. The Hall–Kier alpha value is -4.26. The number of amides is 1. The van der Waals surface area contributed by atoms with Crippen LogP contribution in [0.3, 0.4) is 0 Å². The van der Waals surface area contributed by atoms with Crippen molar-refractivity contribution in [2.75, 3.05) is 0 Å². The second-order valence-corrected chi connectivity index (χ2v) is 19.7. The van der Waals surface area contributed by atoms with Crippen LogP contribution in [-0.4, -0.2) is 15.6 Å². The maximum absolute atomic E-state index is 13.8. The predicted molar refractivity (Wildman–Crippen MR) is 258 cm³/mol. The van der Waals surface area contributed by atoms with Crippen LogP contribution in [0, 0.1) is 17.8 Å². The molecular weight excluding hydrogens is 773 g/mol. The van der Waals surface area contributed by atoms with Crippen molar-refractivity contribution in [3.63, 3.8) is 0 Å². The van der Waals surface area contributed by atoms with E-state index in [2.05, 4.69) is 130 Å². The standard InChI is InChI=1S/C54H66N2O2S2/c1-7-13-16-36(10-4)31-43-27-29-49(59-43)39-19-23-41(24-20-39)51-45-34-48-46(33-47(45)55-53(51)57)52(54(58)56(48)35-38(12-6)18-15-9-3)42-25-21-40(22-26-42)50-30-28-44(60-50)32-37(11-5)17-14-8-2/h19-30,33-34,36-38,58H,7-18,31-32,35H2,1-6H3. The first-order valence-electron chi connectivity index (χ1n) is 23.2. The SMILES string of the molecule is CCCCC(CC)Cc1ccc(-c2ccc(C3=c4cc5c(cc4=NC3=O)c(-c3ccc(-c4ccc(CC(CC)CCCC)s4)cc3)c(O)n5CC(CC)CCCC)cc2)s1. The number of aromatic hydroxyl groups is 1. The van der Waals surface area contributed by atoms with Gasteiger partial charge in [0.2, 0.25) is 0 Å². The number of carbonyl (C=O) groups excluding carboxylic acids is 1. The third kappa shape index (κ3) is 9.76. The van der Waals surface area contributed by atoms with Gasteiger partial charge in [-0.15, -0.1) is 22.7 Å². The third-order valence-electron chi connectivity index (χ3n) is 13.1. The molecule has 3 aromatic carbocycles. The van der Waals surface area contributed by atoms with Crippen molar-refractivity contribution in [3.05, 3.63) is 111 Å². The summed E-state index contributed by atoms with van der Waals surface area (Å²) in [5.74, 6) is 2.00. The summed E-state index contributed by atoms with van der Waals surface area (Å²) in [5.41, 5.74) is 6.61. The summed E-state index contributed by atoms with van der Waals surface area (Å²) in [5, 5.41) is 14.6. The molecule has 0 fully saturated rings. The topological polar surface area (TPSA) is 54.6 Å². The first-order chi connectivity index (χ1) is 29.3. The second kappa shape index (κ2) is 20.5. The van der Waals surface area contributed by atoms with Crippen LogP contribution in [-0.2, 0) is 24.2 Å². The largest absolute Gasteiger partial charge is 0.494 e. The van der Waals surface area contributed by atoms with Crippen molar-refractivity contribution in [3.8, 4) is 37.9 Å². The Morgan fingerprint density at radius 2 is 1.08 bits per heavy atom. The van der Waals surface area contributed by atoms with Crippen LogP contribution in [0.25, 0.3) is 48.5 Å². The molecule has 1 aliphatic heterocycles. The fourth-order valence-electron chi connectivity index (χ4n) is 9.21. The number of carbonyl (C=O) groups is 1. The number of thiophene rings is 2. The molecule has 3 aromatic heterocycles. The third-order valence-corrected chi connectivity index (χ3v) is 15.5. The molecular formula is C54H66N2O2S2. The first kappa shape index (κ1) is 43.8. The van der Waals surface area contributed by atoms with E-state index in [-0.39, 0.29) is 11.8 Å². The molecule has 3 unspecified atom stereocenters. The monoisotopic (exact) mass is 838 g/mol. The Labute approximate surface area is 367 Å². The number of benzene rings is 3. The second-order valence-electron chi connectivity index (χ2n) is 17.3. The Morgan fingerprint density at radius 1 is 0.600 bits per heavy atom. The molecule has 0 bridgehead atoms. The van der Waals surface area contributed by atoms with E-state index in [1.807, 2.05) is 28.7 Å². The van der Waals surface area contributed by atoms with Crippen molar-refractivity contribution >= 4 is 45.1 Å². The highest BCUT2D eigenvalue weighted by molar-refractivity contribution is 7.15. The number of hydrogen-bond acceptors (Lipinski definition) is 4. The lowest BCUT2D eigenvalue weighted by Crippen LogP contribution is -2.24. The minimum absolute atomic E-state index is 0.205. The predicted octanol–water partition coefficient (Wildman–Crippen LogP) is 14.6. The fourth-order valence-corrected chi connectivity index (χ4v) is 11.5. The molecule has 0 aliphatic carbocycles. The lowest BCUT2D eigenvalue weighted by molar-refractivity contribution is -0.112. The minimum Gasteiger partial charge on any atom is -0.494 e. The molecule has 3 atom stereocenters. The van der Waals surface area contributed by atoms with Gasteiger partial charge in [0.15, 0.2) is 5.88 Å². The zero-order valence-electron chi connectivity index (χ0n) is 37.0. The van der Waals surface area contributed by atoms with Gasteiger partial charge in [-0.1, -0.05) is 161 Å². The van der Waals surface area contributed by atoms with E-state index in [4.69, 9.17) is 0 Å². The van der Waals surface area contributed by atoms with Crippen LogP contribution in [0.2, 0.25) is 0 Å². The van der Waals surface area contributed by atoms with Gasteiger partial charge in [0.1, 0.15) is 0 Å². The summed E-state index contributed by atoms with van der Waals surface area (Å²) in [4.78, 5) is 23.9. The van der Waals surface area contributed by atoms with Crippen LogP contribution in [0.15, 0.2) is 89.9 Å². The zero-order chi connectivity index (χ0) is 42.2. The molecule has 7 rings (SSSR count). The zero-order valence-corrected chi connectivity index (χ0v) is 38.6. The van der Waals surface area contributed by atoms with Gasteiger partial charge in [-0.2, -0.15) is 0 Å². The van der Waals surface area contributed by atoms with Crippen molar-refractivity contribution in [2.45, 2.75) is 138 Å². The number of rotatable bonds is 22. The highest BCUT2D eigenvalue weighted by atomic mass is 32.1. The van der Waals surface area contributed by atoms with Gasteiger partial charge in [0, 0.05) is 36.7 Å². The quantitative estimate of drug-likeness (QED) is 0.0740. The van der Waals surface area contributed by atoms with Crippen molar-refractivity contribution < 1.29 is 9.90 Å². The molecule has 0 saturated heterocycles. The van der Waals surface area contributed by atoms with Crippen LogP contribution >= 0.6 is 22.7 Å². The van der Waals surface area contributed by atoms with Gasteiger partial charge in [-0.05, 0) is 95.7 Å². The molecule has 0 spiro atoms. The van der Waals surface area contributed by atoms with E-state index >= 15 is 0 Å². The summed E-state index contributed by atoms with van der Waals surface area (Å²) < 4.78 is 2.11. The molecule has 6 aromatic rings. The van der Waals surface area contributed by atoms with Crippen molar-refractivity contribution in [1.82, 2.24) is 4.57 Å². The fraction of sp³-hybridized carbons (Fsp3) is 0.444. The lowest BCUT2D eigenvalue weighted by Gasteiger charge is -2.17. The molecule has 0 radical (unpaired) electrons. The molecule has 6 heteroatoms. The molecule has 1 aliphatic rings. The number of unbranched alkanes of at least 4 members (excludes halogenated alkanes) is 3. The van der Waals surface area contributed by atoms with Gasteiger partial charge in [-0.25, -0.2) is 4.99 Å². The Kier molecular flexibility index (Phi) is 15.0. The molecule has 4 nitrogen and oxygen atoms in total. The molecule has 316 valence electrons. The van der Waals surface area contributed by atoms with Gasteiger partial charge in [0.05, 0.1) is 22.0 Å². The molecule has 1 N–H and O–H groups in total. The molecule has 4 heterocycles. The Morgan fingerprint density at radius 3 is 1.58 bits per heavy atom. The van der Waals surface area contributed by atoms with Gasteiger partial charge >= 0.3 is 0 Å². The number of hydrogen-bond donors (Lipinski definition) is 1. The van der Waals surface area contributed by atoms with Gasteiger partial charge in [0.25, 0.3) is 5.91 Å². The van der Waals surface area contributed by atoms with Crippen LogP contribution in [0.1, 0.15) is 134 Å². The summed E-state index contributed by atoms with van der Waals surface area (Å²) >= 11 is 3.80. The normalized spacial score (nSPS) is 14.2. The van der Waals surface area contributed by atoms with E-state index in [0.29, 0.717) is 16.8 Å². The van der Waals surface area contributed by atoms with Crippen LogP contribution in [0.4, 0.5) is 0 Å². The minimum atomic E-state index is -0.205. The van der Waals surface area contributed by atoms with Gasteiger partial charge < -0.3 is 9.67 Å². The Balaban J connectivity index is 1.23. The highest BCUT2D eigenvalue weighted by Crippen LogP contribution is 2.41. The summed E-state index contributed by atoms with van der Waals surface area (Å²) in [6.45, 7) is 14.4. The van der Waals surface area contributed by atoms with E-state index in [1.165, 1.54) is 82.0 Å². The van der Waals surface area contributed by atoms with E-state index in [9.17, 15) is 9.90 Å². The average Bonchev–Trinajstić information content (AvgIpc) is 4.06. The van der Waals surface area contributed by atoms with Crippen LogP contribution < -0.4 is 10.6 Å². The molecule has 0 saturated carbocycles. The maximum Gasteiger partial charge on any atom is 0.278 e. The first-order valence-corrected chi connectivity index (χ1v) is 24.8. The highest BCUT2D eigenvalue weighted by Gasteiger charge is 2.25. The smallest absolute Gasteiger partial charge is 0.278 e.